The number of ketones is 1. The predicted octanol–water partition coefficient (Wildman–Crippen LogP) is 6.77. The highest BCUT2D eigenvalue weighted by molar-refractivity contribution is 5.80. The quantitative estimate of drug-likeness (QED) is 0.423. The standard InChI is InChI=1S/C27H35N3O/c1-6-7-10-20(3)27(4,5)17-23(31)13-9-14-26-29-24-15-19(2)21(18-28)16-25(24)30(26)22-11-8-12-22/h6-7,10,15-16,22H,8-9,11-14,17H2,1-5H3/b7-6-,20-10+. The number of benzene rings is 1. The molecule has 3 rings (SSSR count). The Hall–Kier alpha value is -2.67. The molecule has 1 heterocycles. The normalized spacial score (nSPS) is 15.4. The fourth-order valence-electron chi connectivity index (χ4n) is 4.28. The van der Waals surface area contributed by atoms with Crippen LogP contribution in [0.3, 0.4) is 0 Å². The molecule has 1 aromatic heterocycles. The van der Waals surface area contributed by atoms with E-state index in [9.17, 15) is 10.1 Å². The minimum Gasteiger partial charge on any atom is -0.325 e. The van der Waals surface area contributed by atoms with Crippen LogP contribution < -0.4 is 0 Å². The second-order valence-electron chi connectivity index (χ2n) is 9.58. The van der Waals surface area contributed by atoms with Gasteiger partial charge in [0.05, 0.1) is 22.7 Å². The van der Waals surface area contributed by atoms with Crippen LogP contribution >= 0.6 is 0 Å². The molecule has 0 radical (unpaired) electrons. The molecule has 0 aliphatic heterocycles. The molecule has 0 unspecified atom stereocenters. The summed E-state index contributed by atoms with van der Waals surface area (Å²) in [5, 5.41) is 9.44. The van der Waals surface area contributed by atoms with Gasteiger partial charge in [-0.25, -0.2) is 4.98 Å². The van der Waals surface area contributed by atoms with Gasteiger partial charge in [0, 0.05) is 25.3 Å². The number of aryl methyl sites for hydroxylation is 2. The summed E-state index contributed by atoms with van der Waals surface area (Å²) in [6.07, 6.45) is 12.5. The zero-order valence-corrected chi connectivity index (χ0v) is 19.7. The number of allylic oxidation sites excluding steroid dienone is 4. The van der Waals surface area contributed by atoms with Crippen molar-refractivity contribution in [2.45, 2.75) is 85.6 Å². The summed E-state index contributed by atoms with van der Waals surface area (Å²) in [4.78, 5) is 17.6. The first-order valence-corrected chi connectivity index (χ1v) is 11.5. The third-order valence-electron chi connectivity index (χ3n) is 6.77. The molecular formula is C27H35N3O. The first kappa shape index (κ1) is 23.0. The molecular weight excluding hydrogens is 382 g/mol. The summed E-state index contributed by atoms with van der Waals surface area (Å²) < 4.78 is 2.34. The van der Waals surface area contributed by atoms with Crippen molar-refractivity contribution in [1.29, 1.82) is 5.26 Å². The van der Waals surface area contributed by atoms with Gasteiger partial charge in [0.1, 0.15) is 11.6 Å². The third-order valence-corrected chi connectivity index (χ3v) is 6.77. The van der Waals surface area contributed by atoms with Crippen LogP contribution in [-0.2, 0) is 11.2 Å². The minimum atomic E-state index is -0.124. The maximum absolute atomic E-state index is 12.7. The first-order chi connectivity index (χ1) is 14.8. The fraction of sp³-hybridized carbons (Fsp3) is 0.519. The summed E-state index contributed by atoms with van der Waals surface area (Å²) in [5.74, 6) is 1.37. The molecule has 1 fully saturated rings. The van der Waals surface area contributed by atoms with Crippen molar-refractivity contribution < 1.29 is 4.79 Å². The van der Waals surface area contributed by atoms with Crippen LogP contribution in [0.5, 0.6) is 0 Å². The molecule has 1 aliphatic rings. The smallest absolute Gasteiger partial charge is 0.133 e. The topological polar surface area (TPSA) is 58.7 Å². The van der Waals surface area contributed by atoms with E-state index < -0.39 is 0 Å². The van der Waals surface area contributed by atoms with Crippen LogP contribution in [0.25, 0.3) is 11.0 Å². The Balaban J connectivity index is 1.71. The van der Waals surface area contributed by atoms with Crippen molar-refractivity contribution in [1.82, 2.24) is 9.55 Å². The van der Waals surface area contributed by atoms with Gasteiger partial charge in [0.2, 0.25) is 0 Å². The van der Waals surface area contributed by atoms with Crippen molar-refractivity contribution in [3.63, 3.8) is 0 Å². The molecule has 0 N–H and O–H groups in total. The number of nitrogens with zero attached hydrogens (tertiary/aromatic N) is 3. The lowest BCUT2D eigenvalue weighted by molar-refractivity contribution is -0.120. The monoisotopic (exact) mass is 417 g/mol. The molecule has 0 saturated heterocycles. The van der Waals surface area contributed by atoms with E-state index in [-0.39, 0.29) is 5.41 Å². The van der Waals surface area contributed by atoms with Crippen LogP contribution in [0.1, 0.15) is 89.2 Å². The molecule has 1 saturated carbocycles. The number of carbonyl (C=O) groups is 1. The van der Waals surface area contributed by atoms with Crippen LogP contribution in [0.4, 0.5) is 0 Å². The summed E-state index contributed by atoms with van der Waals surface area (Å²) in [5.41, 5.74) is 4.84. The van der Waals surface area contributed by atoms with Crippen LogP contribution in [-0.4, -0.2) is 15.3 Å². The zero-order valence-electron chi connectivity index (χ0n) is 19.7. The molecule has 0 atom stereocenters. The number of hydrogen-bond donors (Lipinski definition) is 0. The molecule has 0 bridgehead atoms. The summed E-state index contributed by atoms with van der Waals surface area (Å²) >= 11 is 0. The van der Waals surface area contributed by atoms with Gasteiger partial charge in [-0.15, -0.1) is 0 Å². The second kappa shape index (κ2) is 9.64. The van der Waals surface area contributed by atoms with Gasteiger partial charge < -0.3 is 4.57 Å². The molecule has 4 heteroatoms. The summed E-state index contributed by atoms with van der Waals surface area (Å²) in [6, 6.07) is 6.80. The van der Waals surface area contributed by atoms with Crippen LogP contribution in [0, 0.1) is 23.7 Å². The van der Waals surface area contributed by atoms with Crippen molar-refractivity contribution in [3.05, 3.63) is 52.9 Å². The average Bonchev–Trinajstić information content (AvgIpc) is 3.00. The van der Waals surface area contributed by atoms with E-state index in [1.165, 1.54) is 24.8 Å². The van der Waals surface area contributed by atoms with Gasteiger partial charge in [0.25, 0.3) is 0 Å². The van der Waals surface area contributed by atoms with Gasteiger partial charge in [0.15, 0.2) is 0 Å². The summed E-state index contributed by atoms with van der Waals surface area (Å²) in [6.45, 7) is 10.4. The molecule has 2 aromatic rings. The lowest BCUT2D eigenvalue weighted by Crippen LogP contribution is -2.20. The Morgan fingerprint density at radius 1 is 1.35 bits per heavy atom. The van der Waals surface area contributed by atoms with Gasteiger partial charge in [-0.05, 0) is 69.6 Å². The Kier molecular flexibility index (Phi) is 7.15. The van der Waals surface area contributed by atoms with Crippen LogP contribution in [0.2, 0.25) is 0 Å². The molecule has 0 amide bonds. The molecule has 1 aromatic carbocycles. The molecule has 164 valence electrons. The van der Waals surface area contributed by atoms with E-state index >= 15 is 0 Å². The van der Waals surface area contributed by atoms with Crippen molar-refractivity contribution in [2.75, 3.05) is 0 Å². The Morgan fingerprint density at radius 2 is 2.10 bits per heavy atom. The van der Waals surface area contributed by atoms with Gasteiger partial charge in [-0.1, -0.05) is 37.6 Å². The lowest BCUT2D eigenvalue weighted by Gasteiger charge is -2.29. The minimum absolute atomic E-state index is 0.124. The molecule has 31 heavy (non-hydrogen) atoms. The highest BCUT2D eigenvalue weighted by Gasteiger charge is 2.26. The number of hydrogen-bond acceptors (Lipinski definition) is 3. The Labute approximate surface area is 186 Å². The van der Waals surface area contributed by atoms with Gasteiger partial charge in [-0.3, -0.25) is 4.79 Å². The van der Waals surface area contributed by atoms with E-state index in [0.717, 1.165) is 40.8 Å². The van der Waals surface area contributed by atoms with E-state index in [1.54, 1.807) is 0 Å². The number of Topliss-reactive ketones (excluding diaryl/α,β-unsaturated/α-hetero) is 1. The Bertz CT molecular complexity index is 1060. The maximum atomic E-state index is 12.7. The third kappa shape index (κ3) is 5.15. The average molecular weight is 418 g/mol. The van der Waals surface area contributed by atoms with Gasteiger partial charge >= 0.3 is 0 Å². The van der Waals surface area contributed by atoms with E-state index in [1.807, 2.05) is 38.1 Å². The predicted molar refractivity (Wildman–Crippen MR) is 127 cm³/mol. The highest BCUT2D eigenvalue weighted by atomic mass is 16.1. The SMILES string of the molecule is C/C=C\C=C(/C)C(C)(C)CC(=O)CCCc1nc2cc(C)c(C#N)cc2n1C1CCC1. The number of nitriles is 1. The highest BCUT2D eigenvalue weighted by Crippen LogP contribution is 2.37. The maximum Gasteiger partial charge on any atom is 0.133 e. The zero-order chi connectivity index (χ0) is 22.6. The van der Waals surface area contributed by atoms with E-state index in [4.69, 9.17) is 4.98 Å². The molecule has 1 aliphatic carbocycles. The van der Waals surface area contributed by atoms with Crippen molar-refractivity contribution in [3.8, 4) is 6.07 Å². The van der Waals surface area contributed by atoms with Crippen LogP contribution in [0.15, 0.2) is 35.9 Å². The molecule has 0 spiro atoms. The summed E-state index contributed by atoms with van der Waals surface area (Å²) in [7, 11) is 0. The fourth-order valence-corrected chi connectivity index (χ4v) is 4.28. The largest absolute Gasteiger partial charge is 0.325 e. The Morgan fingerprint density at radius 3 is 2.71 bits per heavy atom. The number of imidazole rings is 1. The van der Waals surface area contributed by atoms with Crippen molar-refractivity contribution in [2.24, 2.45) is 5.41 Å². The number of aromatic nitrogens is 2. The number of rotatable bonds is 9. The lowest BCUT2D eigenvalue weighted by atomic mass is 9.79. The van der Waals surface area contributed by atoms with E-state index in [0.29, 0.717) is 24.7 Å². The first-order valence-electron chi connectivity index (χ1n) is 11.5. The van der Waals surface area contributed by atoms with Crippen molar-refractivity contribution >= 4 is 16.8 Å². The number of carbonyl (C=O) groups excluding carboxylic acids is 1. The van der Waals surface area contributed by atoms with E-state index in [2.05, 4.69) is 37.5 Å². The van der Waals surface area contributed by atoms with Gasteiger partial charge in [-0.2, -0.15) is 5.26 Å². The number of fused-ring (bicyclic) bond motifs is 1. The molecule has 4 nitrogen and oxygen atoms in total. The second-order valence-corrected chi connectivity index (χ2v) is 9.58.